The predicted molar refractivity (Wildman–Crippen MR) is 153 cm³/mol. The third-order valence-electron chi connectivity index (χ3n) is 6.29. The predicted octanol–water partition coefficient (Wildman–Crippen LogP) is 3.71. The molecule has 2 aromatic heterocycles. The molecule has 4 aromatic rings. The summed E-state index contributed by atoms with van der Waals surface area (Å²) in [6.07, 6.45) is 4.63. The normalized spacial score (nSPS) is 12.6. The Morgan fingerprint density at radius 3 is 2.42 bits per heavy atom. The third kappa shape index (κ3) is 5.69. The molecular weight excluding hydrogens is 552 g/mol. The maximum absolute atomic E-state index is 14.0. The van der Waals surface area contributed by atoms with Gasteiger partial charge in [0.2, 0.25) is 5.91 Å². The van der Waals surface area contributed by atoms with Gasteiger partial charge in [-0.1, -0.05) is 12.1 Å². The Morgan fingerprint density at radius 1 is 1.10 bits per heavy atom. The molecule has 4 rings (SSSR count). The fourth-order valence-electron chi connectivity index (χ4n) is 4.10. The Bertz CT molecular complexity index is 1700. The van der Waals surface area contributed by atoms with Crippen molar-refractivity contribution in [3.63, 3.8) is 0 Å². The quantitative estimate of drug-likeness (QED) is 0.216. The molecule has 0 spiro atoms. The van der Waals surface area contributed by atoms with Crippen LogP contribution in [0.1, 0.15) is 22.4 Å². The molecule has 0 bridgehead atoms. The Labute approximate surface area is 236 Å². The van der Waals surface area contributed by atoms with Crippen LogP contribution in [0.2, 0.25) is 0 Å². The highest BCUT2D eigenvalue weighted by Gasteiger charge is 2.32. The zero-order valence-corrected chi connectivity index (χ0v) is 24.7. The lowest BCUT2D eigenvalue weighted by atomic mass is 10.1. The zero-order valence-electron chi connectivity index (χ0n) is 23.0. The van der Waals surface area contributed by atoms with Gasteiger partial charge < -0.3 is 18.9 Å². The van der Waals surface area contributed by atoms with Crippen LogP contribution in [0.4, 0.5) is 0 Å². The molecule has 0 saturated heterocycles. The summed E-state index contributed by atoms with van der Waals surface area (Å²) in [6.45, 7) is 3.68. The van der Waals surface area contributed by atoms with E-state index in [0.717, 1.165) is 15.1 Å². The number of aromatic nitrogens is 3. The number of likely N-dealkylation sites (N-methyl/N-ethyl adjacent to an activating group) is 1. The molecule has 0 N–H and O–H groups in total. The summed E-state index contributed by atoms with van der Waals surface area (Å²) in [5, 5.41) is -0.135. The monoisotopic (exact) mass is 582 g/mol. The van der Waals surface area contributed by atoms with E-state index in [0.29, 0.717) is 28.3 Å². The number of carbonyl (C=O) groups is 1. The maximum Gasteiger partial charge on any atom is 0.338 e. The molecule has 2 heterocycles. The molecule has 0 saturated carbocycles. The van der Waals surface area contributed by atoms with E-state index in [9.17, 15) is 17.8 Å². The standard InChI is InChI=1S/C28H30N4O6S2/c1-18-16-29-24(19(2)27(18)38-6)17-39(34)28-30-23-15-21(37-5)10-13-25(23)32(28)40(35,36)22-11-7-20(8-12-22)9-14-26(33)31(3)4/h7-16H,17H2,1-6H3/b14-9+. The Hall–Kier alpha value is -3.87. The van der Waals surface area contributed by atoms with E-state index in [4.69, 9.17) is 9.47 Å². The van der Waals surface area contributed by atoms with Crippen molar-refractivity contribution in [2.75, 3.05) is 28.3 Å². The van der Waals surface area contributed by atoms with Gasteiger partial charge in [-0.25, -0.2) is 8.42 Å². The largest absolute Gasteiger partial charge is 0.609 e. The summed E-state index contributed by atoms with van der Waals surface area (Å²) in [5.74, 6) is 0.854. The summed E-state index contributed by atoms with van der Waals surface area (Å²) < 4.78 is 53.4. The average molecular weight is 583 g/mol. The summed E-state index contributed by atoms with van der Waals surface area (Å²) in [4.78, 5) is 22.2. The molecule has 210 valence electrons. The number of imidazole rings is 1. The van der Waals surface area contributed by atoms with Gasteiger partial charge in [0, 0.05) is 54.7 Å². The van der Waals surface area contributed by atoms with Crippen molar-refractivity contribution in [3.05, 3.63) is 77.1 Å². The topological polar surface area (TPSA) is 127 Å². The number of carbonyl (C=O) groups excluding carboxylic acids is 1. The van der Waals surface area contributed by atoms with Crippen LogP contribution < -0.4 is 9.47 Å². The van der Waals surface area contributed by atoms with Gasteiger partial charge >= 0.3 is 5.16 Å². The number of fused-ring (bicyclic) bond motifs is 1. The van der Waals surface area contributed by atoms with E-state index in [-0.39, 0.29) is 27.2 Å². The Morgan fingerprint density at radius 2 is 1.80 bits per heavy atom. The van der Waals surface area contributed by atoms with E-state index < -0.39 is 21.2 Å². The lowest BCUT2D eigenvalue weighted by molar-refractivity contribution is -0.123. The lowest BCUT2D eigenvalue weighted by Crippen LogP contribution is -2.21. The first-order chi connectivity index (χ1) is 19.0. The van der Waals surface area contributed by atoms with Crippen molar-refractivity contribution in [2.24, 2.45) is 0 Å². The maximum atomic E-state index is 14.0. The number of aryl methyl sites for hydroxylation is 1. The minimum absolute atomic E-state index is 0.0248. The number of pyridine rings is 1. The van der Waals surface area contributed by atoms with Crippen molar-refractivity contribution in [1.82, 2.24) is 18.8 Å². The number of benzene rings is 2. The van der Waals surface area contributed by atoms with Crippen molar-refractivity contribution >= 4 is 44.2 Å². The molecule has 2 aromatic carbocycles. The first kappa shape index (κ1) is 29.1. The molecule has 0 aliphatic rings. The van der Waals surface area contributed by atoms with Crippen LogP contribution in [0.3, 0.4) is 0 Å². The van der Waals surface area contributed by atoms with E-state index in [1.165, 1.54) is 30.2 Å². The van der Waals surface area contributed by atoms with Gasteiger partial charge in [0.05, 0.1) is 35.8 Å². The second-order valence-electron chi connectivity index (χ2n) is 9.19. The summed E-state index contributed by atoms with van der Waals surface area (Å²) >= 11 is -1.89. The first-order valence-corrected chi connectivity index (χ1v) is 14.9. The van der Waals surface area contributed by atoms with Crippen LogP contribution in [-0.2, 0) is 31.7 Å². The molecule has 1 atom stereocenters. The van der Waals surface area contributed by atoms with Gasteiger partial charge in [0.1, 0.15) is 11.5 Å². The molecular formula is C28H30N4O6S2. The summed E-state index contributed by atoms with van der Waals surface area (Å²) in [5.41, 5.74) is 3.29. The van der Waals surface area contributed by atoms with Crippen LogP contribution in [0.5, 0.6) is 11.5 Å². The molecule has 10 nitrogen and oxygen atoms in total. The second-order valence-corrected chi connectivity index (χ2v) is 12.3. The lowest BCUT2D eigenvalue weighted by Gasteiger charge is -2.15. The van der Waals surface area contributed by atoms with Crippen molar-refractivity contribution in [2.45, 2.75) is 29.7 Å². The number of hydrogen-bond donors (Lipinski definition) is 0. The van der Waals surface area contributed by atoms with E-state index in [1.807, 2.05) is 13.8 Å². The molecule has 1 amide bonds. The number of rotatable bonds is 9. The van der Waals surface area contributed by atoms with Crippen LogP contribution in [0, 0.1) is 13.8 Å². The highest BCUT2D eigenvalue weighted by Crippen LogP contribution is 2.31. The SMILES string of the molecule is COc1ccc2c(c1)nc([S+]([O-])Cc1ncc(C)c(OC)c1C)n2S(=O)(=O)c1ccc(/C=C/C(=O)N(C)C)cc1. The van der Waals surface area contributed by atoms with Crippen LogP contribution >= 0.6 is 0 Å². The van der Waals surface area contributed by atoms with Crippen molar-refractivity contribution in [3.8, 4) is 11.5 Å². The van der Waals surface area contributed by atoms with Gasteiger partial charge in [-0.3, -0.25) is 9.78 Å². The molecule has 12 heteroatoms. The van der Waals surface area contributed by atoms with Gasteiger partial charge in [-0.05, 0) is 49.8 Å². The molecule has 0 aliphatic heterocycles. The molecule has 0 aliphatic carbocycles. The minimum Gasteiger partial charge on any atom is -0.609 e. The fraction of sp³-hybridized carbons (Fsp3) is 0.250. The van der Waals surface area contributed by atoms with Gasteiger partial charge in [-0.2, -0.15) is 8.96 Å². The highest BCUT2D eigenvalue weighted by molar-refractivity contribution is 7.93. The molecule has 1 unspecified atom stereocenters. The van der Waals surface area contributed by atoms with Gasteiger partial charge in [0.15, 0.2) is 5.75 Å². The van der Waals surface area contributed by atoms with Crippen molar-refractivity contribution in [1.29, 1.82) is 0 Å². The van der Waals surface area contributed by atoms with Crippen molar-refractivity contribution < 1.29 is 27.2 Å². The number of methoxy groups -OCH3 is 2. The van der Waals surface area contributed by atoms with E-state index in [2.05, 4.69) is 9.97 Å². The Kier molecular flexibility index (Phi) is 8.52. The first-order valence-electron chi connectivity index (χ1n) is 12.2. The number of hydrogen-bond acceptors (Lipinski definition) is 8. The van der Waals surface area contributed by atoms with E-state index >= 15 is 0 Å². The van der Waals surface area contributed by atoms with E-state index in [1.54, 1.807) is 63.8 Å². The van der Waals surface area contributed by atoms with Gasteiger partial charge in [0.25, 0.3) is 10.0 Å². The third-order valence-corrected chi connectivity index (χ3v) is 9.34. The molecule has 40 heavy (non-hydrogen) atoms. The molecule has 0 fully saturated rings. The zero-order chi connectivity index (χ0) is 29.2. The van der Waals surface area contributed by atoms with Crippen LogP contribution in [0.25, 0.3) is 17.1 Å². The average Bonchev–Trinajstić information content (AvgIpc) is 3.33. The smallest absolute Gasteiger partial charge is 0.338 e. The molecule has 0 radical (unpaired) electrons. The fourth-order valence-corrected chi connectivity index (χ4v) is 7.14. The Balaban J connectivity index is 1.79. The summed E-state index contributed by atoms with van der Waals surface area (Å²) in [7, 11) is 2.10. The van der Waals surface area contributed by atoms with Crippen LogP contribution in [0.15, 0.2) is 64.8 Å². The highest BCUT2D eigenvalue weighted by atomic mass is 32.2. The van der Waals surface area contributed by atoms with Gasteiger partial charge in [-0.15, -0.1) is 0 Å². The second kappa shape index (κ2) is 11.7. The number of nitrogens with zero attached hydrogens (tertiary/aromatic N) is 4. The summed E-state index contributed by atoms with van der Waals surface area (Å²) in [6, 6.07) is 10.8. The minimum atomic E-state index is -4.22. The number of ether oxygens (including phenoxy) is 2. The van der Waals surface area contributed by atoms with Crippen LogP contribution in [-0.4, -0.2) is 66.0 Å². The number of amides is 1.